The molecule has 1 saturated heterocycles. The first-order valence-electron chi connectivity index (χ1n) is 8.28. The van der Waals surface area contributed by atoms with Gasteiger partial charge in [-0.1, -0.05) is 0 Å². The predicted octanol–water partition coefficient (Wildman–Crippen LogP) is 0.540. The van der Waals surface area contributed by atoms with Crippen molar-refractivity contribution in [1.82, 2.24) is 14.1 Å². The van der Waals surface area contributed by atoms with E-state index in [0.717, 1.165) is 11.3 Å². The molecular formula is C15H23N3O4S. The molecule has 0 amide bonds. The second-order valence-corrected chi connectivity index (χ2v) is 8.55. The Labute approximate surface area is 136 Å². The molecule has 1 unspecified atom stereocenters. The summed E-state index contributed by atoms with van der Waals surface area (Å²) in [5.74, 6) is 0.933. The lowest BCUT2D eigenvalue weighted by atomic mass is 10.1. The zero-order valence-electron chi connectivity index (χ0n) is 13.4. The zero-order chi connectivity index (χ0) is 16.0. The first kappa shape index (κ1) is 15.6. The van der Waals surface area contributed by atoms with Crippen LogP contribution in [0.4, 0.5) is 0 Å². The van der Waals surface area contributed by atoms with Gasteiger partial charge < -0.3 is 9.47 Å². The molecule has 3 heterocycles. The highest BCUT2D eigenvalue weighted by Gasteiger charge is 2.39. The molecule has 1 atom stereocenters. The molecule has 23 heavy (non-hydrogen) atoms. The van der Waals surface area contributed by atoms with Crippen molar-refractivity contribution in [2.75, 3.05) is 32.9 Å². The molecule has 3 aliphatic rings. The number of hydrogen-bond donors (Lipinski definition) is 0. The third kappa shape index (κ3) is 2.82. The van der Waals surface area contributed by atoms with Gasteiger partial charge in [0, 0.05) is 32.1 Å². The Bertz CT molecular complexity index is 696. The van der Waals surface area contributed by atoms with E-state index >= 15 is 0 Å². The highest BCUT2D eigenvalue weighted by molar-refractivity contribution is 7.89. The van der Waals surface area contributed by atoms with Crippen LogP contribution in [0.15, 0.2) is 5.03 Å². The van der Waals surface area contributed by atoms with Gasteiger partial charge in [0.05, 0.1) is 32.1 Å². The molecule has 2 aliphatic heterocycles. The molecular weight excluding hydrogens is 318 g/mol. The summed E-state index contributed by atoms with van der Waals surface area (Å²) in [6.45, 7) is 3.02. The number of hydrogen-bond acceptors (Lipinski definition) is 5. The first-order chi connectivity index (χ1) is 11.1. The number of rotatable bonds is 3. The van der Waals surface area contributed by atoms with E-state index in [9.17, 15) is 8.42 Å². The largest absolute Gasteiger partial charge is 0.380 e. The summed E-state index contributed by atoms with van der Waals surface area (Å²) in [5, 5.41) is 4.70. The first-order valence-corrected chi connectivity index (χ1v) is 9.72. The number of nitrogens with zero attached hydrogens (tertiary/aromatic N) is 3. The molecule has 4 rings (SSSR count). The van der Waals surface area contributed by atoms with Gasteiger partial charge in [-0.3, -0.25) is 4.68 Å². The topological polar surface area (TPSA) is 73.7 Å². The minimum Gasteiger partial charge on any atom is -0.380 e. The minimum absolute atomic E-state index is 0.295. The number of ether oxygens (including phenoxy) is 2. The standard InChI is InChI=1S/C15H23N3O4S/c1-17-15(13-10-21-6-4-14(13)16-17)23(19,20)18-5-7-22-9-12(8-18)11-2-3-11/h11-12H,2-10H2,1H3. The van der Waals surface area contributed by atoms with E-state index in [1.807, 2.05) is 0 Å². The Morgan fingerprint density at radius 3 is 2.78 bits per heavy atom. The zero-order valence-corrected chi connectivity index (χ0v) is 14.2. The lowest BCUT2D eigenvalue weighted by molar-refractivity contribution is 0.108. The summed E-state index contributed by atoms with van der Waals surface area (Å²) >= 11 is 0. The van der Waals surface area contributed by atoms with E-state index in [1.165, 1.54) is 17.5 Å². The van der Waals surface area contributed by atoms with Crippen LogP contribution in [0.1, 0.15) is 24.1 Å². The average molecular weight is 341 g/mol. The van der Waals surface area contributed by atoms with E-state index in [-0.39, 0.29) is 0 Å². The Balaban J connectivity index is 1.67. The van der Waals surface area contributed by atoms with E-state index in [1.54, 1.807) is 11.4 Å². The average Bonchev–Trinajstić information content (AvgIpc) is 3.30. The van der Waals surface area contributed by atoms with E-state index < -0.39 is 10.0 Å². The van der Waals surface area contributed by atoms with Gasteiger partial charge in [0.15, 0.2) is 5.03 Å². The van der Waals surface area contributed by atoms with Crippen LogP contribution in [0.25, 0.3) is 0 Å². The van der Waals surface area contributed by atoms with Crippen LogP contribution < -0.4 is 0 Å². The summed E-state index contributed by atoms with van der Waals surface area (Å²) in [7, 11) is -1.87. The maximum atomic E-state index is 13.2. The van der Waals surface area contributed by atoms with Crippen molar-refractivity contribution in [3.63, 3.8) is 0 Å². The quantitative estimate of drug-likeness (QED) is 0.802. The third-order valence-electron chi connectivity index (χ3n) is 5.03. The number of sulfonamides is 1. The SMILES string of the molecule is Cn1nc2c(c1S(=O)(=O)N1CCOCC(C3CC3)C1)COCC2. The van der Waals surface area contributed by atoms with Crippen LogP contribution in [-0.2, 0) is 39.6 Å². The number of fused-ring (bicyclic) bond motifs is 1. The van der Waals surface area contributed by atoms with E-state index in [4.69, 9.17) is 9.47 Å². The van der Waals surface area contributed by atoms with Crippen LogP contribution in [0.2, 0.25) is 0 Å². The molecule has 128 valence electrons. The molecule has 0 N–H and O–H groups in total. The monoisotopic (exact) mass is 341 g/mol. The smallest absolute Gasteiger partial charge is 0.260 e. The molecule has 8 heteroatoms. The van der Waals surface area contributed by atoms with Gasteiger partial charge >= 0.3 is 0 Å². The van der Waals surface area contributed by atoms with Crippen LogP contribution in [-0.4, -0.2) is 55.4 Å². The van der Waals surface area contributed by atoms with Crippen molar-refractivity contribution < 1.29 is 17.9 Å². The Hall–Kier alpha value is -0.960. The fourth-order valence-corrected chi connectivity index (χ4v) is 5.43. The van der Waals surface area contributed by atoms with Gasteiger partial charge in [0.2, 0.25) is 0 Å². The van der Waals surface area contributed by atoms with Crippen LogP contribution in [0, 0.1) is 11.8 Å². The second-order valence-electron chi connectivity index (χ2n) is 6.69. The van der Waals surface area contributed by atoms with Crippen molar-refractivity contribution in [1.29, 1.82) is 0 Å². The molecule has 1 aromatic heterocycles. The van der Waals surface area contributed by atoms with E-state index in [2.05, 4.69) is 5.10 Å². The number of aryl methyl sites for hydroxylation is 1. The third-order valence-corrected chi connectivity index (χ3v) is 7.04. The van der Waals surface area contributed by atoms with Crippen molar-refractivity contribution in [2.24, 2.45) is 18.9 Å². The van der Waals surface area contributed by atoms with E-state index in [0.29, 0.717) is 62.8 Å². The molecule has 0 aromatic carbocycles. The molecule has 7 nitrogen and oxygen atoms in total. The summed E-state index contributed by atoms with van der Waals surface area (Å²) in [5.41, 5.74) is 1.58. The summed E-state index contributed by atoms with van der Waals surface area (Å²) < 4.78 is 40.7. The molecule has 2 fully saturated rings. The van der Waals surface area contributed by atoms with Gasteiger partial charge in [-0.2, -0.15) is 9.40 Å². The predicted molar refractivity (Wildman–Crippen MR) is 82.4 cm³/mol. The van der Waals surface area contributed by atoms with Crippen molar-refractivity contribution in [3.05, 3.63) is 11.3 Å². The van der Waals surface area contributed by atoms with Gasteiger partial charge in [-0.25, -0.2) is 8.42 Å². The Kier molecular flexibility index (Phi) is 3.95. The van der Waals surface area contributed by atoms with Crippen molar-refractivity contribution >= 4 is 10.0 Å². The van der Waals surface area contributed by atoms with Gasteiger partial charge in [0.1, 0.15) is 0 Å². The fraction of sp³-hybridized carbons (Fsp3) is 0.800. The summed E-state index contributed by atoms with van der Waals surface area (Å²) in [6, 6.07) is 0. The van der Waals surface area contributed by atoms with Crippen molar-refractivity contribution in [2.45, 2.75) is 30.9 Å². The molecule has 1 aliphatic carbocycles. The summed E-state index contributed by atoms with van der Waals surface area (Å²) in [4.78, 5) is 0. The van der Waals surface area contributed by atoms with Crippen molar-refractivity contribution in [3.8, 4) is 0 Å². The van der Waals surface area contributed by atoms with Crippen LogP contribution in [0.5, 0.6) is 0 Å². The van der Waals surface area contributed by atoms with Gasteiger partial charge in [-0.05, 0) is 24.7 Å². The molecule has 1 saturated carbocycles. The highest BCUT2D eigenvalue weighted by Crippen LogP contribution is 2.39. The van der Waals surface area contributed by atoms with Crippen LogP contribution >= 0.6 is 0 Å². The lowest BCUT2D eigenvalue weighted by Crippen LogP contribution is -2.37. The number of aromatic nitrogens is 2. The van der Waals surface area contributed by atoms with Gasteiger partial charge in [-0.15, -0.1) is 0 Å². The lowest BCUT2D eigenvalue weighted by Gasteiger charge is -2.24. The molecule has 0 bridgehead atoms. The maximum absolute atomic E-state index is 13.2. The molecule has 1 aromatic rings. The van der Waals surface area contributed by atoms with Gasteiger partial charge in [0.25, 0.3) is 10.0 Å². The van der Waals surface area contributed by atoms with Crippen LogP contribution in [0.3, 0.4) is 0 Å². The normalized spacial score (nSPS) is 26.7. The summed E-state index contributed by atoms with van der Waals surface area (Å²) in [6.07, 6.45) is 3.06. The molecule has 0 spiro atoms. The minimum atomic E-state index is -3.58. The highest BCUT2D eigenvalue weighted by atomic mass is 32.2. The molecule has 0 radical (unpaired) electrons. The Morgan fingerprint density at radius 2 is 2.00 bits per heavy atom. The maximum Gasteiger partial charge on any atom is 0.260 e. The second kappa shape index (κ2) is 5.84. The Morgan fingerprint density at radius 1 is 1.17 bits per heavy atom. The fourth-order valence-electron chi connectivity index (χ4n) is 3.62.